The van der Waals surface area contributed by atoms with E-state index in [2.05, 4.69) is 5.32 Å². The largest absolute Gasteiger partial charge is 0.348 e. The molecule has 0 aliphatic heterocycles. The fourth-order valence-electron chi connectivity index (χ4n) is 2.63. The van der Waals surface area contributed by atoms with Gasteiger partial charge in [-0.1, -0.05) is 36.4 Å². The Morgan fingerprint density at radius 1 is 1.04 bits per heavy atom. The van der Waals surface area contributed by atoms with E-state index in [1.54, 1.807) is 30.3 Å². The Kier molecular flexibility index (Phi) is 6.62. The minimum atomic E-state index is -3.79. The highest BCUT2D eigenvalue weighted by Crippen LogP contribution is 2.20. The highest BCUT2D eigenvalue weighted by atomic mass is 32.2. The second-order valence-electron chi connectivity index (χ2n) is 6.77. The van der Waals surface area contributed by atoms with Gasteiger partial charge in [-0.05, 0) is 49.6 Å². The first-order valence-corrected chi connectivity index (χ1v) is 10.1. The van der Waals surface area contributed by atoms with Crippen LogP contribution in [-0.2, 0) is 15.0 Å². The summed E-state index contributed by atoms with van der Waals surface area (Å²) in [5, 5.41) is 2.89. The first kappa shape index (κ1) is 20.9. The Morgan fingerprint density at radius 3 is 2.22 bits per heavy atom. The second-order valence-corrected chi connectivity index (χ2v) is 8.83. The Hall–Kier alpha value is -2.38. The van der Waals surface area contributed by atoms with Gasteiger partial charge in [0.2, 0.25) is 5.91 Å². The molecule has 2 aromatic rings. The van der Waals surface area contributed by atoms with Crippen molar-refractivity contribution in [2.75, 3.05) is 24.9 Å². The van der Waals surface area contributed by atoms with Crippen LogP contribution in [0.4, 0.5) is 5.69 Å². The normalized spacial score (nSPS) is 12.7. The van der Waals surface area contributed by atoms with Gasteiger partial charge >= 0.3 is 10.2 Å². The van der Waals surface area contributed by atoms with Crippen molar-refractivity contribution < 1.29 is 13.2 Å². The summed E-state index contributed by atoms with van der Waals surface area (Å²) in [6, 6.07) is 14.4. The van der Waals surface area contributed by atoms with Crippen molar-refractivity contribution in [2.45, 2.75) is 26.8 Å². The van der Waals surface area contributed by atoms with E-state index in [9.17, 15) is 13.2 Å². The fraction of sp³-hybridized carbons (Fsp3) is 0.350. The third-order valence-corrected chi connectivity index (χ3v) is 6.30. The summed E-state index contributed by atoms with van der Waals surface area (Å²) in [5.41, 5.74) is 3.76. The van der Waals surface area contributed by atoms with Crippen molar-refractivity contribution in [1.29, 1.82) is 0 Å². The van der Waals surface area contributed by atoms with Crippen LogP contribution in [0.1, 0.15) is 29.7 Å². The van der Waals surface area contributed by atoms with Crippen LogP contribution in [0.2, 0.25) is 0 Å². The van der Waals surface area contributed by atoms with E-state index in [0.29, 0.717) is 5.69 Å². The zero-order valence-electron chi connectivity index (χ0n) is 16.4. The van der Waals surface area contributed by atoms with E-state index in [4.69, 9.17) is 0 Å². The second kappa shape index (κ2) is 8.54. The highest BCUT2D eigenvalue weighted by molar-refractivity contribution is 7.90. The van der Waals surface area contributed by atoms with Crippen LogP contribution in [0.5, 0.6) is 0 Å². The summed E-state index contributed by atoms with van der Waals surface area (Å²) in [7, 11) is -0.903. The zero-order valence-corrected chi connectivity index (χ0v) is 17.2. The van der Waals surface area contributed by atoms with Gasteiger partial charge < -0.3 is 5.32 Å². The molecule has 0 spiro atoms. The number of carbonyl (C=O) groups is 1. The molecule has 0 saturated heterocycles. The van der Waals surface area contributed by atoms with Gasteiger partial charge in [-0.2, -0.15) is 12.7 Å². The van der Waals surface area contributed by atoms with Crippen LogP contribution in [0.25, 0.3) is 0 Å². The number of benzene rings is 2. The zero-order chi connectivity index (χ0) is 20.2. The molecule has 0 aliphatic carbocycles. The Balaban J connectivity index is 2.19. The van der Waals surface area contributed by atoms with E-state index in [-0.39, 0.29) is 18.5 Å². The average Bonchev–Trinajstić information content (AvgIpc) is 2.62. The van der Waals surface area contributed by atoms with E-state index in [0.717, 1.165) is 19.7 Å². The Labute approximate surface area is 162 Å². The highest BCUT2D eigenvalue weighted by Gasteiger charge is 2.27. The molecule has 0 radical (unpaired) electrons. The van der Waals surface area contributed by atoms with Gasteiger partial charge in [-0.3, -0.25) is 4.79 Å². The summed E-state index contributed by atoms with van der Waals surface area (Å²) in [6.45, 7) is 5.65. The molecular weight excluding hydrogens is 362 g/mol. The number of nitrogens with one attached hydrogen (secondary N) is 1. The summed E-state index contributed by atoms with van der Waals surface area (Å²) in [4.78, 5) is 12.6. The Morgan fingerprint density at radius 2 is 1.67 bits per heavy atom. The van der Waals surface area contributed by atoms with Crippen molar-refractivity contribution in [3.05, 3.63) is 65.2 Å². The predicted octanol–water partition coefficient (Wildman–Crippen LogP) is 2.79. The molecule has 0 aliphatic rings. The topological polar surface area (TPSA) is 69.7 Å². The molecule has 0 aromatic heterocycles. The lowest BCUT2D eigenvalue weighted by Gasteiger charge is -2.27. The minimum absolute atomic E-state index is 0.225. The fourth-order valence-corrected chi connectivity index (χ4v) is 3.70. The van der Waals surface area contributed by atoms with Crippen LogP contribution in [0.15, 0.2) is 48.5 Å². The number of hydrogen-bond donors (Lipinski definition) is 1. The molecule has 0 unspecified atom stereocenters. The van der Waals surface area contributed by atoms with Crippen molar-refractivity contribution in [1.82, 2.24) is 9.62 Å². The molecule has 0 bridgehead atoms. The number of aryl methyl sites for hydroxylation is 2. The van der Waals surface area contributed by atoms with Crippen molar-refractivity contribution in [3.63, 3.8) is 0 Å². The molecule has 0 heterocycles. The van der Waals surface area contributed by atoms with Gasteiger partial charge in [0, 0.05) is 14.1 Å². The lowest BCUT2D eigenvalue weighted by molar-refractivity contribution is -0.120. The summed E-state index contributed by atoms with van der Waals surface area (Å²) in [5.74, 6) is -0.366. The lowest BCUT2D eigenvalue weighted by atomic mass is 10.0. The molecule has 27 heavy (non-hydrogen) atoms. The number of anilines is 1. The average molecular weight is 390 g/mol. The lowest BCUT2D eigenvalue weighted by Crippen LogP contribution is -2.46. The maximum absolute atomic E-state index is 12.7. The molecule has 2 rings (SSSR count). The monoisotopic (exact) mass is 389 g/mol. The van der Waals surface area contributed by atoms with Crippen molar-refractivity contribution in [3.8, 4) is 0 Å². The number of para-hydroxylation sites is 1. The van der Waals surface area contributed by atoms with E-state index < -0.39 is 10.2 Å². The molecule has 7 heteroatoms. The van der Waals surface area contributed by atoms with Gasteiger partial charge in [-0.25, -0.2) is 4.31 Å². The van der Waals surface area contributed by atoms with E-state index in [1.807, 2.05) is 39.0 Å². The molecule has 146 valence electrons. The number of nitrogens with zero attached hydrogens (tertiary/aromatic N) is 2. The molecule has 1 N–H and O–H groups in total. The van der Waals surface area contributed by atoms with Gasteiger partial charge in [0.15, 0.2) is 0 Å². The first-order chi connectivity index (χ1) is 12.6. The molecule has 1 amide bonds. The number of rotatable bonds is 7. The minimum Gasteiger partial charge on any atom is -0.348 e. The maximum Gasteiger partial charge on any atom is 0.304 e. The van der Waals surface area contributed by atoms with E-state index >= 15 is 0 Å². The SMILES string of the molecule is Cc1ccc([C@H](C)NC(=O)CN(c2ccccc2)S(=O)(=O)N(C)C)cc1C. The van der Waals surface area contributed by atoms with Gasteiger partial charge in [-0.15, -0.1) is 0 Å². The number of carbonyl (C=O) groups excluding carboxylic acids is 1. The van der Waals surface area contributed by atoms with Gasteiger partial charge in [0.1, 0.15) is 6.54 Å². The third-order valence-electron chi connectivity index (χ3n) is 4.48. The van der Waals surface area contributed by atoms with Crippen LogP contribution in [0.3, 0.4) is 0 Å². The van der Waals surface area contributed by atoms with Gasteiger partial charge in [0.25, 0.3) is 0 Å². The smallest absolute Gasteiger partial charge is 0.304 e. The number of amides is 1. The first-order valence-electron chi connectivity index (χ1n) is 8.74. The maximum atomic E-state index is 12.7. The summed E-state index contributed by atoms with van der Waals surface area (Å²) < 4.78 is 27.6. The predicted molar refractivity (Wildman–Crippen MR) is 109 cm³/mol. The molecular formula is C20H27N3O3S. The van der Waals surface area contributed by atoms with E-state index in [1.165, 1.54) is 19.7 Å². The van der Waals surface area contributed by atoms with Crippen LogP contribution >= 0.6 is 0 Å². The van der Waals surface area contributed by atoms with Crippen molar-refractivity contribution >= 4 is 21.8 Å². The van der Waals surface area contributed by atoms with Crippen LogP contribution in [-0.4, -0.2) is 39.3 Å². The molecule has 0 saturated carbocycles. The third kappa shape index (κ3) is 5.08. The Bertz CT molecular complexity index is 896. The summed E-state index contributed by atoms with van der Waals surface area (Å²) in [6.07, 6.45) is 0. The quantitative estimate of drug-likeness (QED) is 0.792. The number of hydrogen-bond acceptors (Lipinski definition) is 3. The van der Waals surface area contributed by atoms with Crippen molar-refractivity contribution in [2.24, 2.45) is 0 Å². The summed E-state index contributed by atoms with van der Waals surface area (Å²) >= 11 is 0. The molecule has 2 aromatic carbocycles. The standard InChI is InChI=1S/C20H27N3O3S/c1-15-11-12-18(13-16(15)2)17(3)21-20(24)14-23(27(25,26)22(4)5)19-9-7-6-8-10-19/h6-13,17H,14H2,1-5H3,(H,21,24)/t17-/m0/s1. The van der Waals surface area contributed by atoms with Crippen LogP contribution < -0.4 is 9.62 Å². The molecule has 1 atom stereocenters. The van der Waals surface area contributed by atoms with Crippen LogP contribution in [0, 0.1) is 13.8 Å². The molecule has 0 fully saturated rings. The van der Waals surface area contributed by atoms with Gasteiger partial charge in [0.05, 0.1) is 11.7 Å². The molecule has 6 nitrogen and oxygen atoms in total.